The average molecular weight is 251 g/mol. The molecule has 4 fully saturated rings. The van der Waals surface area contributed by atoms with E-state index >= 15 is 0 Å². The van der Waals surface area contributed by atoms with Gasteiger partial charge in [-0.3, -0.25) is 0 Å². The topological polar surface area (TPSA) is 15.8 Å². The van der Waals surface area contributed by atoms with Crippen molar-refractivity contribution in [2.45, 2.75) is 43.9 Å². The first-order valence-corrected chi connectivity index (χ1v) is 7.71. The first-order valence-electron chi connectivity index (χ1n) is 6.42. The number of hydrogen-bond donors (Lipinski definition) is 1. The smallest absolute Gasteiger partial charge is 0.158 e. The summed E-state index contributed by atoms with van der Waals surface area (Å²) in [5, 5.41) is 2.30. The van der Waals surface area contributed by atoms with Gasteiger partial charge in [0, 0.05) is 16.5 Å². The summed E-state index contributed by atoms with van der Waals surface area (Å²) in [6.07, 6.45) is 8.85. The first kappa shape index (κ1) is 9.84. The van der Waals surface area contributed by atoms with Crippen LogP contribution in [0.1, 0.15) is 44.2 Å². The van der Waals surface area contributed by atoms with E-state index in [1.807, 2.05) is 0 Å². The molecule has 4 saturated carbocycles. The molecule has 0 amide bonds. The Bertz CT molecular complexity index is 435. The molecular weight excluding hydrogens is 234 g/mol. The Hall–Kier alpha value is -0.150. The lowest BCUT2D eigenvalue weighted by Gasteiger charge is -2.56. The van der Waals surface area contributed by atoms with Crippen molar-refractivity contribution in [2.24, 2.45) is 17.8 Å². The molecule has 86 valence electrons. The maximum Gasteiger partial charge on any atom is 0.158 e. The fraction of sp³-hybridized carbons (Fsp3) is 0.769. The van der Waals surface area contributed by atoms with Crippen molar-refractivity contribution in [2.75, 3.05) is 0 Å². The molecule has 1 nitrogen and oxygen atoms in total. The molecule has 4 aliphatic carbocycles. The SMILES string of the molecule is S=c1[nH]c(C23CC4CC(CC(C4)C2)C3)cs1. The normalized spacial score (nSPS) is 45.1. The van der Waals surface area contributed by atoms with Gasteiger partial charge >= 0.3 is 0 Å². The molecule has 0 atom stereocenters. The monoisotopic (exact) mass is 251 g/mol. The van der Waals surface area contributed by atoms with Crippen LogP contribution in [0.3, 0.4) is 0 Å². The van der Waals surface area contributed by atoms with Crippen LogP contribution in [0, 0.1) is 21.7 Å². The van der Waals surface area contributed by atoms with E-state index in [-0.39, 0.29) is 0 Å². The number of hydrogen-bond acceptors (Lipinski definition) is 2. The average Bonchev–Trinajstić information content (AvgIpc) is 2.63. The maximum atomic E-state index is 5.25. The Morgan fingerprint density at radius 1 is 1.12 bits per heavy atom. The molecule has 3 heteroatoms. The molecule has 0 unspecified atom stereocenters. The molecule has 5 rings (SSSR count). The predicted octanol–water partition coefficient (Wildman–Crippen LogP) is 4.27. The van der Waals surface area contributed by atoms with Crippen molar-refractivity contribution in [1.82, 2.24) is 4.98 Å². The summed E-state index contributed by atoms with van der Waals surface area (Å²) in [6, 6.07) is 0. The fourth-order valence-corrected chi connectivity index (χ4v) is 5.94. The third kappa shape index (κ3) is 1.31. The van der Waals surface area contributed by atoms with Gasteiger partial charge in [0.15, 0.2) is 3.95 Å². The molecule has 0 spiro atoms. The Morgan fingerprint density at radius 3 is 2.12 bits per heavy atom. The predicted molar refractivity (Wildman–Crippen MR) is 69.4 cm³/mol. The number of H-pyrrole nitrogens is 1. The summed E-state index contributed by atoms with van der Waals surface area (Å²) in [6.45, 7) is 0. The van der Waals surface area contributed by atoms with Gasteiger partial charge in [-0.1, -0.05) is 0 Å². The highest BCUT2D eigenvalue weighted by Gasteiger charge is 2.52. The molecule has 1 aromatic rings. The molecule has 0 aliphatic heterocycles. The van der Waals surface area contributed by atoms with Gasteiger partial charge in [0.1, 0.15) is 0 Å². The summed E-state index contributed by atoms with van der Waals surface area (Å²) in [5.41, 5.74) is 1.98. The van der Waals surface area contributed by atoms with E-state index in [0.29, 0.717) is 5.41 Å². The van der Waals surface area contributed by atoms with Crippen LogP contribution in [0.4, 0.5) is 0 Å². The fourth-order valence-electron chi connectivity index (χ4n) is 4.98. The molecule has 16 heavy (non-hydrogen) atoms. The third-order valence-corrected chi connectivity index (χ3v) is 6.19. The van der Waals surface area contributed by atoms with Crippen LogP contribution in [0.15, 0.2) is 5.38 Å². The second-order valence-corrected chi connectivity index (χ2v) is 7.81. The minimum Gasteiger partial charge on any atom is -0.340 e. The summed E-state index contributed by atoms with van der Waals surface area (Å²) in [5.74, 6) is 3.06. The number of thiazole rings is 1. The van der Waals surface area contributed by atoms with E-state index in [1.54, 1.807) is 11.3 Å². The van der Waals surface area contributed by atoms with Gasteiger partial charge in [-0.2, -0.15) is 0 Å². The zero-order valence-corrected chi connectivity index (χ0v) is 11.0. The van der Waals surface area contributed by atoms with Crippen molar-refractivity contribution in [3.8, 4) is 0 Å². The van der Waals surface area contributed by atoms with Crippen LogP contribution < -0.4 is 0 Å². The van der Waals surface area contributed by atoms with Gasteiger partial charge in [0.25, 0.3) is 0 Å². The summed E-state index contributed by atoms with van der Waals surface area (Å²) in [7, 11) is 0. The van der Waals surface area contributed by atoms with Crippen molar-refractivity contribution >= 4 is 23.6 Å². The molecule has 1 N–H and O–H groups in total. The van der Waals surface area contributed by atoms with E-state index in [2.05, 4.69) is 10.4 Å². The number of rotatable bonds is 1. The summed E-state index contributed by atoms with van der Waals surface area (Å²) >= 11 is 6.96. The van der Waals surface area contributed by atoms with Crippen molar-refractivity contribution in [3.05, 3.63) is 15.0 Å². The van der Waals surface area contributed by atoms with Crippen LogP contribution in [-0.4, -0.2) is 4.98 Å². The lowest BCUT2D eigenvalue weighted by atomic mass is 9.49. The van der Waals surface area contributed by atoms with E-state index < -0.39 is 0 Å². The highest BCUT2D eigenvalue weighted by Crippen LogP contribution is 2.60. The molecular formula is C13H17NS2. The van der Waals surface area contributed by atoms with Gasteiger partial charge < -0.3 is 4.98 Å². The van der Waals surface area contributed by atoms with Crippen LogP contribution in [0.25, 0.3) is 0 Å². The Balaban J connectivity index is 1.79. The summed E-state index contributed by atoms with van der Waals surface area (Å²) in [4.78, 5) is 3.47. The Labute approximate surface area is 105 Å². The van der Waals surface area contributed by atoms with Crippen LogP contribution in [0.5, 0.6) is 0 Å². The largest absolute Gasteiger partial charge is 0.340 e. The number of aromatic amines is 1. The zero-order chi connectivity index (χ0) is 10.8. The Kier molecular flexibility index (Phi) is 1.97. The van der Waals surface area contributed by atoms with Crippen LogP contribution >= 0.6 is 23.6 Å². The highest BCUT2D eigenvalue weighted by atomic mass is 32.1. The summed E-state index contributed by atoms with van der Waals surface area (Å²) < 4.78 is 0.964. The molecule has 4 bridgehead atoms. The second-order valence-electron chi connectivity index (χ2n) is 6.26. The van der Waals surface area contributed by atoms with Gasteiger partial charge in [-0.05, 0) is 68.5 Å². The van der Waals surface area contributed by atoms with Gasteiger partial charge in [0.05, 0.1) is 0 Å². The van der Waals surface area contributed by atoms with Gasteiger partial charge in [-0.15, -0.1) is 11.3 Å². The van der Waals surface area contributed by atoms with Crippen molar-refractivity contribution in [3.63, 3.8) is 0 Å². The standard InChI is InChI=1S/C13H17NS2/c15-12-14-11(7-16-12)13-4-8-1-9(5-13)3-10(2-8)6-13/h7-10H,1-6H2,(H,14,15). The minimum absolute atomic E-state index is 0.502. The van der Waals surface area contributed by atoms with Crippen molar-refractivity contribution < 1.29 is 0 Å². The quantitative estimate of drug-likeness (QED) is 0.737. The van der Waals surface area contributed by atoms with Gasteiger partial charge in [0.2, 0.25) is 0 Å². The third-order valence-electron chi connectivity index (χ3n) is 5.13. The molecule has 1 heterocycles. The van der Waals surface area contributed by atoms with E-state index in [1.165, 1.54) is 44.2 Å². The molecule has 0 radical (unpaired) electrons. The van der Waals surface area contributed by atoms with Crippen LogP contribution in [0.2, 0.25) is 0 Å². The lowest BCUT2D eigenvalue weighted by molar-refractivity contribution is -0.00695. The van der Waals surface area contributed by atoms with Crippen molar-refractivity contribution in [1.29, 1.82) is 0 Å². The number of nitrogens with one attached hydrogen (secondary N) is 1. The zero-order valence-electron chi connectivity index (χ0n) is 9.37. The molecule has 0 aromatic carbocycles. The van der Waals surface area contributed by atoms with E-state index in [0.717, 1.165) is 21.7 Å². The van der Waals surface area contributed by atoms with Gasteiger partial charge in [-0.25, -0.2) is 0 Å². The second kappa shape index (κ2) is 3.20. The maximum absolute atomic E-state index is 5.25. The van der Waals surface area contributed by atoms with Crippen LogP contribution in [-0.2, 0) is 5.41 Å². The van der Waals surface area contributed by atoms with E-state index in [9.17, 15) is 0 Å². The lowest BCUT2D eigenvalue weighted by Crippen LogP contribution is -2.48. The number of aromatic nitrogens is 1. The first-order chi connectivity index (χ1) is 7.73. The minimum atomic E-state index is 0.502. The molecule has 1 aromatic heterocycles. The molecule has 0 saturated heterocycles. The van der Waals surface area contributed by atoms with E-state index in [4.69, 9.17) is 12.2 Å². The Morgan fingerprint density at radius 2 is 1.69 bits per heavy atom. The molecule has 4 aliphatic rings. The highest BCUT2D eigenvalue weighted by molar-refractivity contribution is 7.73.